The molecular formula is C14H19NO2. The number of ether oxygens (including phenoxy) is 1. The van der Waals surface area contributed by atoms with Gasteiger partial charge in [-0.3, -0.25) is 0 Å². The van der Waals surface area contributed by atoms with Crippen LogP contribution in [0.5, 0.6) is 0 Å². The average molecular weight is 233 g/mol. The zero-order valence-electron chi connectivity index (χ0n) is 10.1. The third kappa shape index (κ3) is 2.05. The topological polar surface area (TPSA) is 41.5 Å². The first-order valence-corrected chi connectivity index (χ1v) is 6.36. The number of anilines is 1. The number of aliphatic hydroxyl groups is 1. The van der Waals surface area contributed by atoms with Gasteiger partial charge in [-0.25, -0.2) is 0 Å². The van der Waals surface area contributed by atoms with E-state index >= 15 is 0 Å². The summed E-state index contributed by atoms with van der Waals surface area (Å²) in [6.07, 6.45) is 1.51. The summed E-state index contributed by atoms with van der Waals surface area (Å²) in [4.78, 5) is 0. The molecule has 1 saturated heterocycles. The van der Waals surface area contributed by atoms with Crippen molar-refractivity contribution < 1.29 is 9.84 Å². The van der Waals surface area contributed by atoms with Crippen LogP contribution in [0, 0.1) is 12.8 Å². The molecular weight excluding hydrogens is 214 g/mol. The van der Waals surface area contributed by atoms with E-state index in [1.165, 1.54) is 16.8 Å². The molecule has 1 fully saturated rings. The Hall–Kier alpha value is -1.06. The molecule has 0 amide bonds. The molecule has 0 aromatic heterocycles. The molecule has 17 heavy (non-hydrogen) atoms. The van der Waals surface area contributed by atoms with Crippen LogP contribution in [0.4, 0.5) is 5.69 Å². The molecule has 2 aliphatic heterocycles. The summed E-state index contributed by atoms with van der Waals surface area (Å²) >= 11 is 0. The lowest BCUT2D eigenvalue weighted by Gasteiger charge is -2.35. The molecule has 1 aromatic rings. The van der Waals surface area contributed by atoms with Gasteiger partial charge in [-0.1, -0.05) is 17.7 Å². The Morgan fingerprint density at radius 1 is 1.41 bits per heavy atom. The molecule has 0 aliphatic carbocycles. The van der Waals surface area contributed by atoms with Gasteiger partial charge >= 0.3 is 0 Å². The van der Waals surface area contributed by atoms with Gasteiger partial charge < -0.3 is 15.2 Å². The van der Waals surface area contributed by atoms with Crippen LogP contribution in [0.1, 0.15) is 17.5 Å². The molecule has 0 spiro atoms. The minimum Gasteiger partial charge on any atom is -0.391 e. The zero-order valence-corrected chi connectivity index (χ0v) is 10.1. The number of aliphatic hydroxyl groups excluding tert-OH is 1. The minimum absolute atomic E-state index is 0.146. The molecule has 0 radical (unpaired) electrons. The Bertz CT molecular complexity index is 413. The number of hydrogen-bond acceptors (Lipinski definition) is 3. The lowest BCUT2D eigenvalue weighted by molar-refractivity contribution is 0.111. The van der Waals surface area contributed by atoms with Crippen LogP contribution >= 0.6 is 0 Å². The van der Waals surface area contributed by atoms with Crippen LogP contribution in [-0.4, -0.2) is 30.5 Å². The fraction of sp³-hybridized carbons (Fsp3) is 0.571. The monoisotopic (exact) mass is 233 g/mol. The van der Waals surface area contributed by atoms with Crippen LogP contribution in [0.15, 0.2) is 18.2 Å². The molecule has 2 N–H and O–H groups in total. The third-order valence-corrected chi connectivity index (χ3v) is 3.90. The van der Waals surface area contributed by atoms with E-state index in [1.807, 2.05) is 0 Å². The molecule has 3 atom stereocenters. The van der Waals surface area contributed by atoms with Crippen molar-refractivity contribution in [2.24, 2.45) is 5.92 Å². The second-order valence-electron chi connectivity index (χ2n) is 5.23. The average Bonchev–Trinajstić information content (AvgIpc) is 2.81. The maximum atomic E-state index is 10.2. The van der Waals surface area contributed by atoms with Crippen LogP contribution < -0.4 is 5.32 Å². The molecule has 0 bridgehead atoms. The van der Waals surface area contributed by atoms with Gasteiger partial charge in [0.2, 0.25) is 0 Å². The Morgan fingerprint density at radius 3 is 3.06 bits per heavy atom. The van der Waals surface area contributed by atoms with Crippen LogP contribution in [0.25, 0.3) is 0 Å². The minimum atomic E-state index is -0.295. The maximum absolute atomic E-state index is 10.2. The number of nitrogens with one attached hydrogen (secondary N) is 1. The van der Waals surface area contributed by atoms with Crippen molar-refractivity contribution in [2.45, 2.75) is 31.9 Å². The van der Waals surface area contributed by atoms with Crippen molar-refractivity contribution in [3.8, 4) is 0 Å². The molecule has 2 heterocycles. The van der Waals surface area contributed by atoms with Crippen molar-refractivity contribution in [1.29, 1.82) is 0 Å². The predicted octanol–water partition coefficient (Wildman–Crippen LogP) is 1.73. The van der Waals surface area contributed by atoms with Gasteiger partial charge in [-0.15, -0.1) is 0 Å². The van der Waals surface area contributed by atoms with E-state index in [-0.39, 0.29) is 12.1 Å². The first-order valence-electron chi connectivity index (χ1n) is 6.36. The number of rotatable bonds is 1. The van der Waals surface area contributed by atoms with Crippen LogP contribution in [-0.2, 0) is 11.2 Å². The number of benzene rings is 1. The summed E-state index contributed by atoms with van der Waals surface area (Å²) in [5.41, 5.74) is 3.66. The highest BCUT2D eigenvalue weighted by atomic mass is 16.5. The van der Waals surface area contributed by atoms with E-state index in [0.717, 1.165) is 26.1 Å². The number of hydrogen-bond donors (Lipinski definition) is 2. The second-order valence-corrected chi connectivity index (χ2v) is 5.23. The summed E-state index contributed by atoms with van der Waals surface area (Å²) in [5.74, 6) is 0.444. The predicted molar refractivity (Wildman–Crippen MR) is 67.2 cm³/mol. The first kappa shape index (κ1) is 11.1. The lowest BCUT2D eigenvalue weighted by atomic mass is 9.86. The van der Waals surface area contributed by atoms with E-state index < -0.39 is 0 Å². The maximum Gasteiger partial charge on any atom is 0.0785 e. The first-order chi connectivity index (χ1) is 8.24. The highest BCUT2D eigenvalue weighted by Gasteiger charge is 2.34. The molecule has 3 unspecified atom stereocenters. The molecule has 92 valence electrons. The number of fused-ring (bicyclic) bond motifs is 1. The fourth-order valence-electron chi connectivity index (χ4n) is 2.93. The SMILES string of the molecule is Cc1ccc2c(c1)CC(O)C(C1CCOC1)N2. The Balaban J connectivity index is 1.84. The smallest absolute Gasteiger partial charge is 0.0785 e. The van der Waals surface area contributed by atoms with E-state index in [2.05, 4.69) is 30.4 Å². The largest absolute Gasteiger partial charge is 0.391 e. The van der Waals surface area contributed by atoms with Crippen molar-refractivity contribution in [1.82, 2.24) is 0 Å². The van der Waals surface area contributed by atoms with Crippen molar-refractivity contribution >= 4 is 5.69 Å². The molecule has 0 saturated carbocycles. The van der Waals surface area contributed by atoms with Crippen LogP contribution in [0.2, 0.25) is 0 Å². The van der Waals surface area contributed by atoms with Gasteiger partial charge in [0.05, 0.1) is 18.8 Å². The van der Waals surface area contributed by atoms with Gasteiger partial charge in [-0.2, -0.15) is 0 Å². The highest BCUT2D eigenvalue weighted by Crippen LogP contribution is 2.31. The third-order valence-electron chi connectivity index (χ3n) is 3.90. The van der Waals surface area contributed by atoms with Gasteiger partial charge in [0.1, 0.15) is 0 Å². The molecule has 1 aromatic carbocycles. The summed E-state index contributed by atoms with van der Waals surface area (Å²) in [5, 5.41) is 13.7. The van der Waals surface area contributed by atoms with Gasteiger partial charge in [0.25, 0.3) is 0 Å². The fourth-order valence-corrected chi connectivity index (χ4v) is 2.93. The molecule has 3 rings (SSSR count). The van der Waals surface area contributed by atoms with E-state index in [0.29, 0.717) is 5.92 Å². The van der Waals surface area contributed by atoms with Gasteiger partial charge in [0, 0.05) is 24.6 Å². The quantitative estimate of drug-likeness (QED) is 0.776. The molecule has 3 heteroatoms. The lowest BCUT2D eigenvalue weighted by Crippen LogP contribution is -2.44. The van der Waals surface area contributed by atoms with Crippen LogP contribution in [0.3, 0.4) is 0 Å². The Labute approximate surface area is 102 Å². The van der Waals surface area contributed by atoms with E-state index in [1.54, 1.807) is 0 Å². The van der Waals surface area contributed by atoms with Crippen molar-refractivity contribution in [3.63, 3.8) is 0 Å². The summed E-state index contributed by atoms with van der Waals surface area (Å²) in [7, 11) is 0. The van der Waals surface area contributed by atoms with E-state index in [9.17, 15) is 5.11 Å². The normalized spacial score (nSPS) is 32.0. The van der Waals surface area contributed by atoms with Crippen molar-refractivity contribution in [3.05, 3.63) is 29.3 Å². The van der Waals surface area contributed by atoms with Gasteiger partial charge in [0.15, 0.2) is 0 Å². The summed E-state index contributed by atoms with van der Waals surface area (Å²) < 4.78 is 5.41. The zero-order chi connectivity index (χ0) is 11.8. The van der Waals surface area contributed by atoms with E-state index in [4.69, 9.17) is 4.74 Å². The second kappa shape index (κ2) is 4.31. The Morgan fingerprint density at radius 2 is 2.29 bits per heavy atom. The highest BCUT2D eigenvalue weighted by molar-refractivity contribution is 5.56. The summed E-state index contributed by atoms with van der Waals surface area (Å²) in [6, 6.07) is 6.55. The molecule has 2 aliphatic rings. The van der Waals surface area contributed by atoms with Gasteiger partial charge in [-0.05, 0) is 25.0 Å². The summed E-state index contributed by atoms with van der Waals surface area (Å²) in [6.45, 7) is 3.69. The Kier molecular flexibility index (Phi) is 2.81. The standard InChI is InChI=1S/C14H19NO2/c1-9-2-3-12-11(6-9)7-13(16)14(15-12)10-4-5-17-8-10/h2-3,6,10,13-16H,4-5,7-8H2,1H3. The molecule has 3 nitrogen and oxygen atoms in total. The number of aryl methyl sites for hydroxylation is 1. The van der Waals surface area contributed by atoms with Crippen molar-refractivity contribution in [2.75, 3.05) is 18.5 Å².